The van der Waals surface area contributed by atoms with Crippen LogP contribution in [0.5, 0.6) is 5.75 Å². The van der Waals surface area contributed by atoms with Crippen LogP contribution < -0.4 is 21.5 Å². The molecule has 5 atom stereocenters. The monoisotopic (exact) mass is 429 g/mol. The second-order valence-corrected chi connectivity index (χ2v) is 8.80. The highest BCUT2D eigenvalue weighted by Crippen LogP contribution is 2.43. The second-order valence-electron chi connectivity index (χ2n) is 8.44. The van der Waals surface area contributed by atoms with Crippen molar-refractivity contribution in [3.63, 3.8) is 0 Å². The summed E-state index contributed by atoms with van der Waals surface area (Å²) in [4.78, 5) is 8.62. The van der Waals surface area contributed by atoms with Crippen molar-refractivity contribution in [3.8, 4) is 5.75 Å². The van der Waals surface area contributed by atoms with Gasteiger partial charge in [-0.2, -0.15) is 4.98 Å². The summed E-state index contributed by atoms with van der Waals surface area (Å²) < 4.78 is 6.19. The van der Waals surface area contributed by atoms with E-state index < -0.39 is 0 Å². The predicted octanol–water partition coefficient (Wildman–Crippen LogP) is 3.38. The van der Waals surface area contributed by atoms with Crippen LogP contribution in [0.2, 0.25) is 5.15 Å². The number of hydrogen-bond donors (Lipinski definition) is 4. The molecule has 4 rings (SSSR count). The number of halogens is 1. The number of rotatable bonds is 5. The Morgan fingerprint density at radius 2 is 2.10 bits per heavy atom. The molecule has 1 aliphatic heterocycles. The number of fused-ring (bicyclic) bond motifs is 1. The SMILES string of the molecule is C=C(N)c1ccc2c(c1)CC(c1c(Cl)nc(N)nc1N[C@@H]1C[C@H](CO)[C@@H](C)[C@H]1C)O2. The second kappa shape index (κ2) is 7.96. The van der Waals surface area contributed by atoms with Gasteiger partial charge < -0.3 is 26.6 Å². The van der Waals surface area contributed by atoms with Crippen LogP contribution in [0.25, 0.3) is 5.70 Å². The summed E-state index contributed by atoms with van der Waals surface area (Å²) in [6, 6.07) is 5.93. The molecular weight excluding hydrogens is 402 g/mol. The molecule has 1 unspecified atom stereocenters. The fourth-order valence-corrected chi connectivity index (χ4v) is 4.92. The van der Waals surface area contributed by atoms with Crippen LogP contribution in [0, 0.1) is 17.8 Å². The quantitative estimate of drug-likeness (QED) is 0.538. The summed E-state index contributed by atoms with van der Waals surface area (Å²) in [5.74, 6) is 2.51. The van der Waals surface area contributed by atoms with E-state index in [1.54, 1.807) is 0 Å². The number of aliphatic hydroxyl groups excluding tert-OH is 1. The van der Waals surface area contributed by atoms with Crippen molar-refractivity contribution < 1.29 is 9.84 Å². The van der Waals surface area contributed by atoms with Gasteiger partial charge in [-0.05, 0) is 53.5 Å². The summed E-state index contributed by atoms with van der Waals surface area (Å²) in [5.41, 5.74) is 14.9. The van der Waals surface area contributed by atoms with Crippen molar-refractivity contribution in [3.05, 3.63) is 46.6 Å². The highest BCUT2D eigenvalue weighted by atomic mass is 35.5. The van der Waals surface area contributed by atoms with Gasteiger partial charge in [0.15, 0.2) is 0 Å². The van der Waals surface area contributed by atoms with Crippen LogP contribution in [0.4, 0.5) is 11.8 Å². The van der Waals surface area contributed by atoms with Crippen LogP contribution in [-0.4, -0.2) is 27.7 Å². The van der Waals surface area contributed by atoms with E-state index in [1.807, 2.05) is 18.2 Å². The molecule has 0 bridgehead atoms. The maximum absolute atomic E-state index is 9.69. The Morgan fingerprint density at radius 1 is 1.33 bits per heavy atom. The number of ether oxygens (including phenoxy) is 1. The number of nitrogens with zero attached hydrogens (tertiary/aromatic N) is 2. The maximum Gasteiger partial charge on any atom is 0.223 e. The molecular formula is C22H28ClN5O2. The normalized spacial score (nSPS) is 27.5. The minimum absolute atomic E-state index is 0.112. The molecule has 7 nitrogen and oxygen atoms in total. The molecule has 2 aromatic rings. The highest BCUT2D eigenvalue weighted by molar-refractivity contribution is 6.30. The van der Waals surface area contributed by atoms with Crippen LogP contribution in [-0.2, 0) is 6.42 Å². The Morgan fingerprint density at radius 3 is 2.77 bits per heavy atom. The Kier molecular flexibility index (Phi) is 5.51. The van der Waals surface area contributed by atoms with Crippen molar-refractivity contribution in [1.29, 1.82) is 0 Å². The smallest absolute Gasteiger partial charge is 0.223 e. The van der Waals surface area contributed by atoms with Crippen molar-refractivity contribution in [2.24, 2.45) is 23.5 Å². The Balaban J connectivity index is 1.64. The lowest BCUT2D eigenvalue weighted by molar-refractivity contribution is 0.191. The van der Waals surface area contributed by atoms with Gasteiger partial charge in [-0.25, -0.2) is 4.98 Å². The van der Waals surface area contributed by atoms with Crippen molar-refractivity contribution in [1.82, 2.24) is 9.97 Å². The van der Waals surface area contributed by atoms with Gasteiger partial charge in [0.25, 0.3) is 0 Å². The van der Waals surface area contributed by atoms with Gasteiger partial charge >= 0.3 is 0 Å². The maximum atomic E-state index is 9.69. The first kappa shape index (κ1) is 20.8. The van der Waals surface area contributed by atoms with E-state index in [0.29, 0.717) is 35.3 Å². The number of anilines is 2. The summed E-state index contributed by atoms with van der Waals surface area (Å²) >= 11 is 6.52. The largest absolute Gasteiger partial charge is 0.485 e. The molecule has 2 aliphatic rings. The molecule has 0 radical (unpaired) electrons. The van der Waals surface area contributed by atoms with E-state index in [4.69, 9.17) is 27.8 Å². The molecule has 1 aromatic heterocycles. The fraction of sp³-hybridized carbons (Fsp3) is 0.455. The summed E-state index contributed by atoms with van der Waals surface area (Å²) in [6.45, 7) is 8.35. The van der Waals surface area contributed by atoms with Gasteiger partial charge in [-0.15, -0.1) is 0 Å². The molecule has 0 saturated heterocycles. The Hall–Kier alpha value is -2.51. The van der Waals surface area contributed by atoms with Crippen LogP contribution in [0.15, 0.2) is 24.8 Å². The van der Waals surface area contributed by atoms with Gasteiger partial charge in [0, 0.05) is 24.8 Å². The average molecular weight is 430 g/mol. The lowest BCUT2D eigenvalue weighted by Gasteiger charge is -2.24. The van der Waals surface area contributed by atoms with E-state index in [9.17, 15) is 5.11 Å². The van der Waals surface area contributed by atoms with Crippen molar-refractivity contribution in [2.75, 3.05) is 17.7 Å². The van der Waals surface area contributed by atoms with E-state index in [1.165, 1.54) is 0 Å². The molecule has 160 valence electrons. The third-order valence-corrected chi connectivity index (χ3v) is 6.95. The third-order valence-electron chi connectivity index (χ3n) is 6.67. The summed E-state index contributed by atoms with van der Waals surface area (Å²) in [7, 11) is 0. The molecule has 30 heavy (non-hydrogen) atoms. The summed E-state index contributed by atoms with van der Waals surface area (Å²) in [6.07, 6.45) is 1.14. The molecule has 1 saturated carbocycles. The topological polar surface area (TPSA) is 119 Å². The number of hydrogen-bond acceptors (Lipinski definition) is 7. The minimum atomic E-state index is -0.334. The van der Waals surface area contributed by atoms with E-state index >= 15 is 0 Å². The first-order chi connectivity index (χ1) is 14.3. The predicted molar refractivity (Wildman–Crippen MR) is 119 cm³/mol. The molecule has 1 aromatic carbocycles. The van der Waals surface area contributed by atoms with Gasteiger partial charge in [-0.3, -0.25) is 0 Å². The van der Waals surface area contributed by atoms with E-state index in [2.05, 4.69) is 35.7 Å². The Labute approximate surface area is 181 Å². The number of nitrogens with one attached hydrogen (secondary N) is 1. The first-order valence-electron chi connectivity index (χ1n) is 10.2. The Bertz CT molecular complexity index is 982. The van der Waals surface area contributed by atoms with Crippen LogP contribution >= 0.6 is 11.6 Å². The molecule has 1 aliphatic carbocycles. The molecule has 8 heteroatoms. The molecule has 0 amide bonds. The zero-order chi connectivity index (χ0) is 21.6. The molecule has 1 fully saturated rings. The lowest BCUT2D eigenvalue weighted by Crippen LogP contribution is -2.26. The number of nitrogens with two attached hydrogens (primary N) is 2. The summed E-state index contributed by atoms with van der Waals surface area (Å²) in [5, 5.41) is 13.5. The zero-order valence-corrected chi connectivity index (χ0v) is 18.0. The standard InChI is InChI=1S/C22H28ClN5O2/c1-10-11(2)16(7-15(10)9-29)26-21-19(20(23)27-22(25)28-21)18-8-14-6-13(12(3)24)4-5-17(14)30-18/h4-6,10-11,15-16,18,29H,3,7-9,24H2,1-2H3,(H3,25,26,27,28)/t10-,11+,15+,16+,18?/m0/s1. The average Bonchev–Trinajstić information content (AvgIpc) is 3.22. The van der Waals surface area contributed by atoms with Crippen LogP contribution in [0.3, 0.4) is 0 Å². The first-order valence-corrected chi connectivity index (χ1v) is 10.6. The third kappa shape index (κ3) is 3.68. The molecule has 0 spiro atoms. The number of aromatic nitrogens is 2. The van der Waals surface area contributed by atoms with Gasteiger partial charge in [0.2, 0.25) is 5.95 Å². The number of benzene rings is 1. The number of aliphatic hydroxyl groups is 1. The van der Waals surface area contributed by atoms with Gasteiger partial charge in [0.1, 0.15) is 22.8 Å². The van der Waals surface area contributed by atoms with Gasteiger partial charge in [-0.1, -0.05) is 32.0 Å². The van der Waals surface area contributed by atoms with Gasteiger partial charge in [0.05, 0.1) is 5.56 Å². The van der Waals surface area contributed by atoms with Crippen LogP contribution in [0.1, 0.15) is 43.1 Å². The number of nitrogen functional groups attached to an aromatic ring is 1. The van der Waals surface area contributed by atoms with E-state index in [0.717, 1.165) is 23.3 Å². The minimum Gasteiger partial charge on any atom is -0.485 e. The van der Waals surface area contributed by atoms with Crippen molar-refractivity contribution in [2.45, 2.75) is 38.8 Å². The molecule has 6 N–H and O–H groups in total. The zero-order valence-electron chi connectivity index (χ0n) is 17.2. The lowest BCUT2D eigenvalue weighted by atomic mass is 9.92. The van der Waals surface area contributed by atoms with Crippen molar-refractivity contribution >= 4 is 29.1 Å². The molecule has 2 heterocycles. The highest BCUT2D eigenvalue weighted by Gasteiger charge is 2.39. The fourth-order valence-electron chi connectivity index (χ4n) is 4.62. The van der Waals surface area contributed by atoms with E-state index in [-0.39, 0.29) is 35.8 Å².